The molecule has 0 bridgehead atoms. The molecule has 3 rings (SSSR count). The van der Waals surface area contributed by atoms with E-state index in [1.807, 2.05) is 0 Å². The van der Waals surface area contributed by atoms with Crippen LogP contribution in [-0.2, 0) is 7.05 Å². The van der Waals surface area contributed by atoms with Gasteiger partial charge < -0.3 is 0 Å². The van der Waals surface area contributed by atoms with Gasteiger partial charge in [-0.05, 0) is 16.2 Å². The number of halogens is 6. The third-order valence-corrected chi connectivity index (χ3v) is 5.14. The van der Waals surface area contributed by atoms with E-state index >= 15 is 0 Å². The number of rotatable bonds is 10. The highest BCUT2D eigenvalue weighted by atomic mass is 19.2. The molecule has 9 nitrogen and oxygen atoms in total. The lowest BCUT2D eigenvalue weighted by molar-refractivity contribution is 0.0763. The molecular weight excluding hydrogens is 454 g/mol. The van der Waals surface area contributed by atoms with Gasteiger partial charge in [-0.2, -0.15) is 0 Å². The summed E-state index contributed by atoms with van der Waals surface area (Å²) in [7, 11) is 4.29. The first-order valence-corrected chi connectivity index (χ1v) is 10.1. The summed E-state index contributed by atoms with van der Waals surface area (Å²) in [5.74, 6) is -1.84. The molecule has 0 N–H and O–H groups in total. The minimum Gasteiger partial charge on any atom is -0.255 e. The molecule has 0 saturated carbocycles. The zero-order chi connectivity index (χ0) is 24.4. The van der Waals surface area contributed by atoms with Crippen molar-refractivity contribution in [3.8, 4) is 0 Å². The van der Waals surface area contributed by atoms with Gasteiger partial charge in [0.15, 0.2) is 24.7 Å². The Morgan fingerprint density at radius 2 is 1.12 bits per heavy atom. The van der Waals surface area contributed by atoms with Gasteiger partial charge >= 0.3 is 0 Å². The third-order valence-electron chi connectivity index (χ3n) is 5.14. The summed E-state index contributed by atoms with van der Waals surface area (Å²) in [6.07, 6.45) is -11.1. The minimum absolute atomic E-state index is 0.151. The van der Waals surface area contributed by atoms with Crippen LogP contribution in [0.1, 0.15) is 42.2 Å². The van der Waals surface area contributed by atoms with Gasteiger partial charge in [0, 0.05) is 19.1 Å². The highest BCUT2D eigenvalue weighted by Gasteiger charge is 2.38. The molecule has 0 spiro atoms. The van der Waals surface area contributed by atoms with E-state index in [0.717, 1.165) is 22.0 Å². The second-order valence-corrected chi connectivity index (χ2v) is 8.06. The van der Waals surface area contributed by atoms with Crippen molar-refractivity contribution >= 4 is 15.7 Å². The SMILES string of the molecule is BC(C)C(F)C(F)C(F)c1cn(-n2cc(C(F)C(F)C(F)C(B)c3cn(C)nn3)nn2)nn1. The van der Waals surface area contributed by atoms with Gasteiger partial charge in [-0.1, -0.05) is 12.1 Å². The van der Waals surface area contributed by atoms with Crippen LogP contribution in [-0.4, -0.2) is 85.6 Å². The molecule has 33 heavy (non-hydrogen) atoms. The molecule has 17 heteroatoms. The third kappa shape index (κ3) is 5.21. The summed E-state index contributed by atoms with van der Waals surface area (Å²) < 4.78 is 87.1. The summed E-state index contributed by atoms with van der Waals surface area (Å²) in [5, 5.41) is 21.2. The molecule has 3 aromatic heterocycles. The first kappa shape index (κ1) is 24.8. The maximum atomic E-state index is 14.6. The fraction of sp³-hybridized carbons (Fsp3) is 0.625. The van der Waals surface area contributed by atoms with Gasteiger partial charge in [-0.3, -0.25) is 4.68 Å². The Morgan fingerprint density at radius 1 is 0.667 bits per heavy atom. The molecule has 3 aromatic rings. The van der Waals surface area contributed by atoms with Crippen LogP contribution < -0.4 is 0 Å². The Bertz CT molecular complexity index is 1050. The molecule has 178 valence electrons. The lowest BCUT2D eigenvalue weighted by Gasteiger charge is -2.20. The standard InChI is InChI=1S/C16H21B2F6N9/c1-6(17)11(19)15(23)12(20)8-4-32(29-26-8)33-5-9(27-30-33)13(21)16(24)14(22)10(18)7-3-31(2)28-25-7/h3-6,10-16H,17-18H2,1-2H3. The zero-order valence-electron chi connectivity index (χ0n) is 18.1. The van der Waals surface area contributed by atoms with Crippen LogP contribution in [0.2, 0.25) is 5.82 Å². The number of alkyl halides is 6. The van der Waals surface area contributed by atoms with E-state index in [2.05, 4.69) is 30.9 Å². The van der Waals surface area contributed by atoms with Crippen molar-refractivity contribution in [2.75, 3.05) is 0 Å². The highest BCUT2D eigenvalue weighted by molar-refractivity contribution is 6.12. The Labute approximate surface area is 186 Å². The van der Waals surface area contributed by atoms with E-state index in [0.29, 0.717) is 0 Å². The minimum atomic E-state index is -2.60. The summed E-state index contributed by atoms with van der Waals surface area (Å²) in [6, 6.07) is 0. The topological polar surface area (TPSA) is 92.1 Å². The van der Waals surface area contributed by atoms with Gasteiger partial charge in [-0.25, -0.2) is 26.3 Å². The number of aryl methyl sites for hydroxylation is 1. The summed E-state index contributed by atoms with van der Waals surface area (Å²) in [6.45, 7) is 1.40. The number of aromatic nitrogens is 9. The summed E-state index contributed by atoms with van der Waals surface area (Å²) >= 11 is 0. The van der Waals surface area contributed by atoms with Crippen molar-refractivity contribution in [3.05, 3.63) is 35.7 Å². The van der Waals surface area contributed by atoms with Crippen molar-refractivity contribution in [3.63, 3.8) is 0 Å². The quantitative estimate of drug-likeness (QED) is 0.314. The lowest BCUT2D eigenvalue weighted by Crippen LogP contribution is -2.29. The van der Waals surface area contributed by atoms with Crippen LogP contribution in [0.25, 0.3) is 0 Å². The van der Waals surface area contributed by atoms with Crippen LogP contribution in [0.15, 0.2) is 18.6 Å². The van der Waals surface area contributed by atoms with Crippen molar-refractivity contribution in [1.82, 2.24) is 45.2 Å². The Balaban J connectivity index is 1.70. The molecule has 8 unspecified atom stereocenters. The summed E-state index contributed by atoms with van der Waals surface area (Å²) in [5.41, 5.74) is -0.930. The molecule has 0 aliphatic carbocycles. The smallest absolute Gasteiger partial charge is 0.179 e. The molecule has 0 radical (unpaired) electrons. The zero-order valence-corrected chi connectivity index (χ0v) is 18.1. The predicted octanol–water partition coefficient (Wildman–Crippen LogP) is 0.499. The molecule has 0 fully saturated rings. The second kappa shape index (κ2) is 9.95. The second-order valence-electron chi connectivity index (χ2n) is 8.06. The van der Waals surface area contributed by atoms with Crippen molar-refractivity contribution in [2.24, 2.45) is 7.05 Å². The van der Waals surface area contributed by atoms with Crippen LogP contribution in [0.3, 0.4) is 0 Å². The van der Waals surface area contributed by atoms with Crippen LogP contribution in [0, 0.1) is 0 Å². The normalized spacial score (nSPS) is 19.4. The monoisotopic (exact) mass is 475 g/mol. The molecule has 0 amide bonds. The Kier molecular flexibility index (Phi) is 7.47. The fourth-order valence-electron chi connectivity index (χ4n) is 3.02. The maximum absolute atomic E-state index is 14.6. The molecule has 8 atom stereocenters. The van der Waals surface area contributed by atoms with Crippen LogP contribution >= 0.6 is 0 Å². The van der Waals surface area contributed by atoms with Gasteiger partial charge in [0.1, 0.15) is 39.4 Å². The van der Waals surface area contributed by atoms with Crippen LogP contribution in [0.4, 0.5) is 26.3 Å². The van der Waals surface area contributed by atoms with Crippen molar-refractivity contribution in [2.45, 2.75) is 55.6 Å². The number of nitrogens with zero attached hydrogens (tertiary/aromatic N) is 9. The van der Waals surface area contributed by atoms with Gasteiger partial charge in [0.25, 0.3) is 0 Å². The van der Waals surface area contributed by atoms with E-state index in [1.54, 1.807) is 7.05 Å². The van der Waals surface area contributed by atoms with E-state index in [1.165, 1.54) is 33.5 Å². The molecule has 0 saturated heterocycles. The Morgan fingerprint density at radius 3 is 1.55 bits per heavy atom. The fourth-order valence-corrected chi connectivity index (χ4v) is 3.02. The molecule has 0 aliphatic rings. The lowest BCUT2D eigenvalue weighted by atomic mass is 9.78. The van der Waals surface area contributed by atoms with Crippen LogP contribution in [0.5, 0.6) is 0 Å². The first-order valence-electron chi connectivity index (χ1n) is 10.1. The average molecular weight is 475 g/mol. The molecule has 3 heterocycles. The van der Waals surface area contributed by atoms with Gasteiger partial charge in [-0.15, -0.1) is 24.9 Å². The highest BCUT2D eigenvalue weighted by Crippen LogP contribution is 2.32. The molecule has 0 aromatic carbocycles. The summed E-state index contributed by atoms with van der Waals surface area (Å²) in [4.78, 5) is 1.53. The largest absolute Gasteiger partial charge is 0.255 e. The predicted molar refractivity (Wildman–Crippen MR) is 108 cm³/mol. The van der Waals surface area contributed by atoms with Gasteiger partial charge in [0.05, 0.1) is 18.1 Å². The van der Waals surface area contributed by atoms with E-state index < -0.39 is 60.1 Å². The van der Waals surface area contributed by atoms with E-state index in [9.17, 15) is 26.3 Å². The number of hydrogen-bond acceptors (Lipinski definition) is 6. The van der Waals surface area contributed by atoms with E-state index in [4.69, 9.17) is 0 Å². The first-order chi connectivity index (χ1) is 15.5. The van der Waals surface area contributed by atoms with Gasteiger partial charge in [0.2, 0.25) is 0 Å². The average Bonchev–Trinajstić information content (AvgIpc) is 3.55. The molecular formula is C16H21B2F6N9. The van der Waals surface area contributed by atoms with E-state index in [-0.39, 0.29) is 5.69 Å². The number of hydrogen-bond donors (Lipinski definition) is 0. The molecule has 0 aliphatic heterocycles. The van der Waals surface area contributed by atoms with Crippen molar-refractivity contribution < 1.29 is 26.3 Å². The maximum Gasteiger partial charge on any atom is 0.179 e. The van der Waals surface area contributed by atoms with Crippen molar-refractivity contribution in [1.29, 1.82) is 0 Å². The Hall–Kier alpha value is -2.87.